The molecule has 0 aliphatic rings. The number of anilines is 1. The summed E-state index contributed by atoms with van der Waals surface area (Å²) in [6, 6.07) is 3.46. The average Bonchev–Trinajstić information content (AvgIpc) is 2.30. The third-order valence-electron chi connectivity index (χ3n) is 2.05. The summed E-state index contributed by atoms with van der Waals surface area (Å²) >= 11 is 0. The summed E-state index contributed by atoms with van der Waals surface area (Å²) in [4.78, 5) is 15.4. The molecule has 0 unspecified atom stereocenters. The first-order chi connectivity index (χ1) is 7.77. The number of carbonyl (C=O) groups is 1. The van der Waals surface area contributed by atoms with Crippen molar-refractivity contribution in [3.8, 4) is 5.88 Å². The SMILES string of the molecule is COc1ncccc1NC(=O)CCCCO. The van der Waals surface area contributed by atoms with Gasteiger partial charge in [0.2, 0.25) is 11.8 Å². The van der Waals surface area contributed by atoms with Gasteiger partial charge < -0.3 is 15.2 Å². The third-order valence-corrected chi connectivity index (χ3v) is 2.05. The lowest BCUT2D eigenvalue weighted by atomic mass is 10.2. The molecule has 16 heavy (non-hydrogen) atoms. The lowest BCUT2D eigenvalue weighted by molar-refractivity contribution is -0.116. The Morgan fingerprint density at radius 1 is 1.56 bits per heavy atom. The number of carbonyl (C=O) groups excluding carboxylic acids is 1. The molecular formula is C11H16N2O3. The zero-order valence-corrected chi connectivity index (χ0v) is 9.27. The van der Waals surface area contributed by atoms with Crippen LogP contribution in [0.25, 0.3) is 0 Å². The molecule has 0 aliphatic heterocycles. The third kappa shape index (κ3) is 3.86. The van der Waals surface area contributed by atoms with Gasteiger partial charge in [-0.05, 0) is 25.0 Å². The minimum atomic E-state index is -0.0975. The summed E-state index contributed by atoms with van der Waals surface area (Å²) in [5.41, 5.74) is 0.569. The van der Waals surface area contributed by atoms with Gasteiger partial charge in [-0.1, -0.05) is 0 Å². The Bertz CT molecular complexity index is 342. The number of ether oxygens (including phenoxy) is 1. The van der Waals surface area contributed by atoms with Gasteiger partial charge in [-0.15, -0.1) is 0 Å². The number of aliphatic hydroxyl groups excluding tert-OH is 1. The van der Waals surface area contributed by atoms with E-state index < -0.39 is 0 Å². The minimum absolute atomic E-state index is 0.0975. The molecule has 1 amide bonds. The fraction of sp³-hybridized carbons (Fsp3) is 0.455. The first-order valence-electron chi connectivity index (χ1n) is 5.17. The number of aromatic nitrogens is 1. The summed E-state index contributed by atoms with van der Waals surface area (Å²) in [6.07, 6.45) is 3.29. The largest absolute Gasteiger partial charge is 0.480 e. The maximum Gasteiger partial charge on any atom is 0.237 e. The van der Waals surface area contributed by atoms with Crippen LogP contribution in [0.2, 0.25) is 0 Å². The highest BCUT2D eigenvalue weighted by Gasteiger charge is 2.07. The van der Waals surface area contributed by atoms with Crippen molar-refractivity contribution in [3.05, 3.63) is 18.3 Å². The van der Waals surface area contributed by atoms with Crippen molar-refractivity contribution in [2.45, 2.75) is 19.3 Å². The fourth-order valence-electron chi connectivity index (χ4n) is 1.26. The number of nitrogens with one attached hydrogen (secondary N) is 1. The number of amides is 1. The Labute approximate surface area is 94.5 Å². The van der Waals surface area contributed by atoms with Gasteiger partial charge in [0.05, 0.1) is 7.11 Å². The van der Waals surface area contributed by atoms with Gasteiger partial charge >= 0.3 is 0 Å². The standard InChI is InChI=1S/C11H16N2O3/c1-16-11-9(5-4-7-12-11)13-10(15)6-2-3-8-14/h4-5,7,14H,2-3,6,8H2,1H3,(H,13,15). The highest BCUT2D eigenvalue weighted by atomic mass is 16.5. The van der Waals surface area contributed by atoms with E-state index in [-0.39, 0.29) is 12.5 Å². The molecule has 5 nitrogen and oxygen atoms in total. The molecule has 0 spiro atoms. The maximum atomic E-state index is 11.5. The van der Waals surface area contributed by atoms with E-state index in [4.69, 9.17) is 9.84 Å². The van der Waals surface area contributed by atoms with Crippen LogP contribution in [-0.2, 0) is 4.79 Å². The molecule has 1 heterocycles. The van der Waals surface area contributed by atoms with Gasteiger partial charge in [-0.3, -0.25) is 4.79 Å². The van der Waals surface area contributed by atoms with E-state index >= 15 is 0 Å². The quantitative estimate of drug-likeness (QED) is 0.712. The second kappa shape index (κ2) is 6.79. The summed E-state index contributed by atoms with van der Waals surface area (Å²) in [6.45, 7) is 0.115. The number of nitrogens with zero attached hydrogens (tertiary/aromatic N) is 1. The first-order valence-corrected chi connectivity index (χ1v) is 5.17. The van der Waals surface area contributed by atoms with E-state index in [1.165, 1.54) is 7.11 Å². The highest BCUT2D eigenvalue weighted by molar-refractivity contribution is 5.91. The molecule has 0 bridgehead atoms. The lowest BCUT2D eigenvalue weighted by Crippen LogP contribution is -2.12. The topological polar surface area (TPSA) is 71.5 Å². The predicted molar refractivity (Wildman–Crippen MR) is 60.4 cm³/mol. The number of aliphatic hydroxyl groups is 1. The van der Waals surface area contributed by atoms with Crippen LogP contribution < -0.4 is 10.1 Å². The summed E-state index contributed by atoms with van der Waals surface area (Å²) in [5, 5.41) is 11.3. The average molecular weight is 224 g/mol. The van der Waals surface area contributed by atoms with Crippen molar-refractivity contribution >= 4 is 11.6 Å². The Hall–Kier alpha value is -1.62. The summed E-state index contributed by atoms with van der Waals surface area (Å²) < 4.78 is 5.01. The van der Waals surface area contributed by atoms with Crippen molar-refractivity contribution in [2.24, 2.45) is 0 Å². The molecule has 0 aromatic carbocycles. The van der Waals surface area contributed by atoms with E-state index in [9.17, 15) is 4.79 Å². The van der Waals surface area contributed by atoms with Crippen LogP contribution in [0.5, 0.6) is 5.88 Å². The lowest BCUT2D eigenvalue weighted by Gasteiger charge is -2.08. The number of hydrogen-bond acceptors (Lipinski definition) is 4. The van der Waals surface area contributed by atoms with Gasteiger partial charge in [0.25, 0.3) is 0 Å². The molecular weight excluding hydrogens is 208 g/mol. The molecule has 0 atom stereocenters. The Balaban J connectivity index is 2.49. The van der Waals surface area contributed by atoms with Crippen molar-refractivity contribution in [3.63, 3.8) is 0 Å². The van der Waals surface area contributed by atoms with Crippen molar-refractivity contribution in [1.29, 1.82) is 0 Å². The van der Waals surface area contributed by atoms with Gasteiger partial charge in [0, 0.05) is 19.2 Å². The number of methoxy groups -OCH3 is 1. The minimum Gasteiger partial charge on any atom is -0.480 e. The monoisotopic (exact) mass is 224 g/mol. The van der Waals surface area contributed by atoms with Crippen LogP contribution in [0.1, 0.15) is 19.3 Å². The number of rotatable bonds is 6. The second-order valence-electron chi connectivity index (χ2n) is 3.29. The molecule has 0 fully saturated rings. The van der Waals surface area contributed by atoms with Crippen LogP contribution in [-0.4, -0.2) is 29.7 Å². The van der Waals surface area contributed by atoms with Gasteiger partial charge in [0.15, 0.2) is 0 Å². The van der Waals surface area contributed by atoms with Crippen LogP contribution in [0.3, 0.4) is 0 Å². The van der Waals surface area contributed by atoms with Crippen LogP contribution in [0, 0.1) is 0 Å². The van der Waals surface area contributed by atoms with E-state index in [0.717, 1.165) is 0 Å². The fourth-order valence-corrected chi connectivity index (χ4v) is 1.26. The smallest absolute Gasteiger partial charge is 0.237 e. The Kier molecular flexibility index (Phi) is 5.28. The van der Waals surface area contributed by atoms with Crippen molar-refractivity contribution in [1.82, 2.24) is 4.98 Å². The highest BCUT2D eigenvalue weighted by Crippen LogP contribution is 2.19. The zero-order valence-electron chi connectivity index (χ0n) is 9.27. The van der Waals surface area contributed by atoms with Crippen molar-refractivity contribution < 1.29 is 14.6 Å². The molecule has 1 aromatic rings. The molecule has 0 saturated heterocycles. The van der Waals surface area contributed by atoms with E-state index in [0.29, 0.717) is 30.8 Å². The molecule has 88 valence electrons. The van der Waals surface area contributed by atoms with Gasteiger partial charge in [-0.25, -0.2) is 4.98 Å². The molecule has 1 aromatic heterocycles. The summed E-state index contributed by atoms with van der Waals surface area (Å²) in [5.74, 6) is 0.303. The van der Waals surface area contributed by atoms with Crippen LogP contribution in [0.4, 0.5) is 5.69 Å². The van der Waals surface area contributed by atoms with Gasteiger partial charge in [-0.2, -0.15) is 0 Å². The number of hydrogen-bond donors (Lipinski definition) is 2. The Morgan fingerprint density at radius 2 is 2.38 bits per heavy atom. The van der Waals surface area contributed by atoms with Gasteiger partial charge in [0.1, 0.15) is 5.69 Å². The molecule has 1 rings (SSSR count). The molecule has 0 radical (unpaired) electrons. The molecule has 5 heteroatoms. The Morgan fingerprint density at radius 3 is 3.06 bits per heavy atom. The number of unbranched alkanes of at least 4 members (excludes halogenated alkanes) is 1. The first kappa shape index (κ1) is 12.4. The van der Waals surface area contributed by atoms with E-state index in [2.05, 4.69) is 10.3 Å². The van der Waals surface area contributed by atoms with Crippen LogP contribution >= 0.6 is 0 Å². The molecule has 2 N–H and O–H groups in total. The number of pyridine rings is 1. The predicted octanol–water partition coefficient (Wildman–Crippen LogP) is 1.19. The van der Waals surface area contributed by atoms with Crippen molar-refractivity contribution in [2.75, 3.05) is 19.0 Å². The summed E-state index contributed by atoms with van der Waals surface area (Å²) in [7, 11) is 1.50. The maximum absolute atomic E-state index is 11.5. The van der Waals surface area contributed by atoms with Crippen LogP contribution in [0.15, 0.2) is 18.3 Å². The molecule has 0 saturated carbocycles. The normalized spacial score (nSPS) is 9.88. The zero-order chi connectivity index (χ0) is 11.8. The van der Waals surface area contributed by atoms with E-state index in [1.54, 1.807) is 18.3 Å². The molecule has 0 aliphatic carbocycles. The second-order valence-corrected chi connectivity index (χ2v) is 3.29. The van der Waals surface area contributed by atoms with E-state index in [1.807, 2.05) is 0 Å².